The van der Waals surface area contributed by atoms with Crippen LogP contribution in [0.25, 0.3) is 0 Å². The van der Waals surface area contributed by atoms with E-state index in [0.29, 0.717) is 6.42 Å². The van der Waals surface area contributed by atoms with Crippen LogP contribution in [-0.2, 0) is 23.9 Å². The number of unbranched alkanes of at least 4 members (excludes halogenated alkanes) is 2. The molecule has 0 atom stereocenters. The molecule has 5 heteroatoms. The lowest BCUT2D eigenvalue weighted by molar-refractivity contribution is -0.184. The van der Waals surface area contributed by atoms with E-state index in [2.05, 4.69) is 9.47 Å². The maximum atomic E-state index is 11.5. The molecule has 1 rings (SSSR count). The third-order valence-corrected chi connectivity index (χ3v) is 2.09. The Balaban J connectivity index is 2.49. The summed E-state index contributed by atoms with van der Waals surface area (Å²) in [5.74, 6) is -1.85. The van der Waals surface area contributed by atoms with Gasteiger partial charge in [0.2, 0.25) is 5.78 Å². The first kappa shape index (κ1) is 12.4. The van der Waals surface area contributed by atoms with Gasteiger partial charge in [0.25, 0.3) is 0 Å². The largest absolute Gasteiger partial charge is 0.414 e. The van der Waals surface area contributed by atoms with Gasteiger partial charge in [-0.05, 0) is 6.42 Å². The number of esters is 2. The molecule has 0 saturated carbocycles. The molecule has 0 aromatic carbocycles. The second-order valence-corrected chi connectivity index (χ2v) is 3.46. The van der Waals surface area contributed by atoms with Crippen molar-refractivity contribution in [3.8, 4) is 0 Å². The molecule has 1 aliphatic rings. The van der Waals surface area contributed by atoms with E-state index >= 15 is 0 Å². The number of ketones is 1. The summed E-state index contributed by atoms with van der Waals surface area (Å²) in [4.78, 5) is 33.5. The summed E-state index contributed by atoms with van der Waals surface area (Å²) in [5.41, 5.74) is 0. The van der Waals surface area contributed by atoms with Gasteiger partial charge in [-0.25, -0.2) is 9.59 Å². The normalized spacial score (nSPS) is 16.6. The molecule has 0 radical (unpaired) electrons. The van der Waals surface area contributed by atoms with Crippen molar-refractivity contribution in [1.29, 1.82) is 0 Å². The van der Waals surface area contributed by atoms with E-state index in [4.69, 9.17) is 0 Å². The number of ether oxygens (including phenoxy) is 2. The summed E-state index contributed by atoms with van der Waals surface area (Å²) < 4.78 is 9.31. The Morgan fingerprint density at radius 2 is 1.75 bits per heavy atom. The van der Waals surface area contributed by atoms with Crippen LogP contribution < -0.4 is 0 Å². The van der Waals surface area contributed by atoms with Crippen LogP contribution in [0.5, 0.6) is 0 Å². The van der Waals surface area contributed by atoms with Crippen LogP contribution >= 0.6 is 0 Å². The van der Waals surface area contributed by atoms with Crippen molar-refractivity contribution < 1.29 is 23.9 Å². The van der Waals surface area contributed by atoms with Gasteiger partial charge in [0.1, 0.15) is 0 Å². The van der Waals surface area contributed by atoms with Crippen LogP contribution in [0.2, 0.25) is 0 Å². The van der Waals surface area contributed by atoms with Crippen LogP contribution in [0.15, 0.2) is 12.2 Å². The monoisotopic (exact) mass is 226 g/mol. The molecule has 0 amide bonds. The highest BCUT2D eigenvalue weighted by Crippen LogP contribution is 2.09. The number of cyclic esters (lactones) is 2. The quantitative estimate of drug-likeness (QED) is 0.519. The molecule has 0 aliphatic carbocycles. The van der Waals surface area contributed by atoms with E-state index in [0.717, 1.165) is 25.0 Å². The number of carbonyl (C=O) groups is 3. The standard InChI is InChI=1S/C11H14O5/c1-2-3-4-5-8(12)11-15-9(13)6-7-10(14)16-11/h6-7,11H,2-5H2,1H3. The van der Waals surface area contributed by atoms with E-state index in [9.17, 15) is 14.4 Å². The fourth-order valence-corrected chi connectivity index (χ4v) is 1.25. The predicted octanol–water partition coefficient (Wildman–Crippen LogP) is 1.12. The van der Waals surface area contributed by atoms with E-state index in [1.807, 2.05) is 6.92 Å². The summed E-state index contributed by atoms with van der Waals surface area (Å²) in [6.07, 6.45) is 3.36. The van der Waals surface area contributed by atoms with Gasteiger partial charge in [0, 0.05) is 18.6 Å². The van der Waals surface area contributed by atoms with Crippen molar-refractivity contribution in [3.05, 3.63) is 12.2 Å². The van der Waals surface area contributed by atoms with E-state index in [1.165, 1.54) is 0 Å². The molecule has 0 fully saturated rings. The molecule has 0 aromatic heterocycles. The molecule has 88 valence electrons. The average Bonchev–Trinajstić information content (AvgIpc) is 2.41. The van der Waals surface area contributed by atoms with E-state index in [1.54, 1.807) is 0 Å². The van der Waals surface area contributed by atoms with Crippen LogP contribution in [-0.4, -0.2) is 24.0 Å². The molecule has 1 heterocycles. The van der Waals surface area contributed by atoms with Crippen LogP contribution in [0.4, 0.5) is 0 Å². The first-order valence-corrected chi connectivity index (χ1v) is 5.25. The van der Waals surface area contributed by atoms with Crippen LogP contribution in [0, 0.1) is 0 Å². The number of hydrogen-bond donors (Lipinski definition) is 0. The number of hydrogen-bond acceptors (Lipinski definition) is 5. The molecule has 0 aromatic rings. The van der Waals surface area contributed by atoms with E-state index < -0.39 is 18.2 Å². The first-order valence-electron chi connectivity index (χ1n) is 5.25. The molecule has 0 bridgehead atoms. The van der Waals surface area contributed by atoms with Gasteiger partial charge in [-0.1, -0.05) is 19.8 Å². The SMILES string of the molecule is CCCCCC(=O)C1OC(=O)C=CC(=O)O1. The second-order valence-electron chi connectivity index (χ2n) is 3.46. The topological polar surface area (TPSA) is 69.7 Å². The van der Waals surface area contributed by atoms with Gasteiger partial charge in [-0.15, -0.1) is 0 Å². The Morgan fingerprint density at radius 1 is 1.19 bits per heavy atom. The summed E-state index contributed by atoms with van der Waals surface area (Å²) in [6.45, 7) is 2.01. The third-order valence-electron chi connectivity index (χ3n) is 2.09. The molecule has 16 heavy (non-hydrogen) atoms. The lowest BCUT2D eigenvalue weighted by atomic mass is 10.1. The van der Waals surface area contributed by atoms with Gasteiger partial charge >= 0.3 is 18.2 Å². The Kier molecular flexibility index (Phi) is 4.69. The highest BCUT2D eigenvalue weighted by Gasteiger charge is 2.27. The van der Waals surface area contributed by atoms with Gasteiger partial charge in [0.05, 0.1) is 0 Å². The third kappa shape index (κ3) is 3.84. The molecule has 0 N–H and O–H groups in total. The molecule has 1 aliphatic heterocycles. The minimum Gasteiger partial charge on any atom is -0.414 e. The highest BCUT2D eigenvalue weighted by molar-refractivity contribution is 5.96. The van der Waals surface area contributed by atoms with Crippen molar-refractivity contribution >= 4 is 17.7 Å². The fourth-order valence-electron chi connectivity index (χ4n) is 1.25. The maximum Gasteiger partial charge on any atom is 0.334 e. The highest BCUT2D eigenvalue weighted by atomic mass is 16.7. The number of rotatable bonds is 5. The molecule has 0 saturated heterocycles. The number of Topliss-reactive ketones (excluding diaryl/α,β-unsaturated/α-hetero) is 1. The molecule has 0 unspecified atom stereocenters. The molecule has 5 nitrogen and oxygen atoms in total. The average molecular weight is 226 g/mol. The summed E-state index contributed by atoms with van der Waals surface area (Å²) >= 11 is 0. The van der Waals surface area contributed by atoms with Crippen LogP contribution in [0.3, 0.4) is 0 Å². The zero-order chi connectivity index (χ0) is 12.0. The van der Waals surface area contributed by atoms with Gasteiger partial charge in [-0.3, -0.25) is 4.79 Å². The Bertz CT molecular complexity index is 298. The molecule has 0 spiro atoms. The maximum absolute atomic E-state index is 11.5. The zero-order valence-electron chi connectivity index (χ0n) is 9.10. The second kappa shape index (κ2) is 6.05. The van der Waals surface area contributed by atoms with Crippen LogP contribution in [0.1, 0.15) is 32.6 Å². The summed E-state index contributed by atoms with van der Waals surface area (Å²) in [5, 5.41) is 0. The lowest BCUT2D eigenvalue weighted by Gasteiger charge is -2.13. The Hall–Kier alpha value is -1.65. The van der Waals surface area contributed by atoms with Crippen molar-refractivity contribution in [2.24, 2.45) is 0 Å². The minimum absolute atomic E-state index is 0.249. The van der Waals surface area contributed by atoms with Gasteiger partial charge in [-0.2, -0.15) is 0 Å². The first-order chi connectivity index (χ1) is 7.63. The summed E-state index contributed by atoms with van der Waals surface area (Å²) in [6, 6.07) is 0. The van der Waals surface area contributed by atoms with Crippen molar-refractivity contribution in [2.45, 2.75) is 38.9 Å². The Labute approximate surface area is 93.4 Å². The lowest BCUT2D eigenvalue weighted by Crippen LogP contribution is -2.29. The smallest absolute Gasteiger partial charge is 0.334 e. The fraction of sp³-hybridized carbons (Fsp3) is 0.545. The van der Waals surface area contributed by atoms with Crippen molar-refractivity contribution in [3.63, 3.8) is 0 Å². The Morgan fingerprint density at radius 3 is 2.25 bits per heavy atom. The molecular formula is C11H14O5. The summed E-state index contributed by atoms with van der Waals surface area (Å²) in [7, 11) is 0. The minimum atomic E-state index is -1.38. The van der Waals surface area contributed by atoms with E-state index in [-0.39, 0.29) is 12.2 Å². The van der Waals surface area contributed by atoms with Gasteiger partial charge < -0.3 is 9.47 Å². The van der Waals surface area contributed by atoms with Crippen molar-refractivity contribution in [1.82, 2.24) is 0 Å². The predicted molar refractivity (Wildman–Crippen MR) is 54.3 cm³/mol. The van der Waals surface area contributed by atoms with Crippen molar-refractivity contribution in [2.75, 3.05) is 0 Å². The number of carbonyl (C=O) groups excluding carboxylic acids is 3. The van der Waals surface area contributed by atoms with Gasteiger partial charge in [0.15, 0.2) is 0 Å². The zero-order valence-corrected chi connectivity index (χ0v) is 9.10. The molecular weight excluding hydrogens is 212 g/mol.